The Morgan fingerprint density at radius 3 is 2.20 bits per heavy atom. The van der Waals surface area contributed by atoms with Gasteiger partial charge in [0.1, 0.15) is 4.21 Å². The monoisotopic (exact) mass is 316 g/mol. The van der Waals surface area contributed by atoms with Crippen molar-refractivity contribution in [3.8, 4) is 0 Å². The lowest BCUT2D eigenvalue weighted by molar-refractivity contribution is 0.0922. The Hall–Kier alpha value is -0.430. The van der Waals surface area contributed by atoms with Gasteiger partial charge < -0.3 is 0 Å². The lowest BCUT2D eigenvalue weighted by Gasteiger charge is -2.41. The summed E-state index contributed by atoms with van der Waals surface area (Å²) in [6.45, 7) is 11.3. The Morgan fingerprint density at radius 2 is 1.75 bits per heavy atom. The van der Waals surface area contributed by atoms with Gasteiger partial charge in [0.25, 0.3) is 10.0 Å². The van der Waals surface area contributed by atoms with Crippen molar-refractivity contribution in [3.05, 3.63) is 17.0 Å². The van der Waals surface area contributed by atoms with Crippen LogP contribution in [0.3, 0.4) is 0 Å². The van der Waals surface area contributed by atoms with Gasteiger partial charge in [0, 0.05) is 36.6 Å². The van der Waals surface area contributed by atoms with Crippen LogP contribution < -0.4 is 0 Å². The quantitative estimate of drug-likeness (QED) is 0.860. The van der Waals surface area contributed by atoms with E-state index in [1.54, 1.807) is 10.4 Å². The normalized spacial score (nSPS) is 19.4. The first kappa shape index (κ1) is 15.9. The van der Waals surface area contributed by atoms with Crippen LogP contribution in [0.25, 0.3) is 0 Å². The molecule has 0 aromatic carbocycles. The number of thiophene rings is 1. The van der Waals surface area contributed by atoms with E-state index in [-0.39, 0.29) is 5.54 Å². The molecule has 1 aromatic rings. The molecule has 1 aliphatic rings. The standard InChI is InChI=1S/C14H24N2O2S2/c1-5-12-6-7-13(19-12)20(17,18)16-10-8-15(9-11-16)14(2,3)4/h6-7H,5,8-11H2,1-4H3. The molecule has 4 nitrogen and oxygen atoms in total. The van der Waals surface area contributed by atoms with Crippen LogP contribution in [-0.2, 0) is 16.4 Å². The highest BCUT2D eigenvalue weighted by atomic mass is 32.2. The van der Waals surface area contributed by atoms with E-state index < -0.39 is 10.0 Å². The summed E-state index contributed by atoms with van der Waals surface area (Å²) < 4.78 is 27.3. The van der Waals surface area contributed by atoms with Gasteiger partial charge >= 0.3 is 0 Å². The Bertz CT molecular complexity index is 550. The summed E-state index contributed by atoms with van der Waals surface area (Å²) in [6.07, 6.45) is 0.887. The summed E-state index contributed by atoms with van der Waals surface area (Å²) in [5.41, 5.74) is 0.105. The molecule has 2 heterocycles. The third kappa shape index (κ3) is 3.24. The lowest BCUT2D eigenvalue weighted by Crippen LogP contribution is -2.54. The van der Waals surface area contributed by atoms with E-state index in [0.29, 0.717) is 17.3 Å². The molecule has 0 radical (unpaired) electrons. The SMILES string of the molecule is CCc1ccc(S(=O)(=O)N2CCN(C(C)(C)C)CC2)s1. The molecule has 0 spiro atoms. The second kappa shape index (κ2) is 5.75. The van der Waals surface area contributed by atoms with Crippen LogP contribution in [0.4, 0.5) is 0 Å². The zero-order chi connectivity index (χ0) is 15.0. The molecule has 0 unspecified atom stereocenters. The number of hydrogen-bond acceptors (Lipinski definition) is 4. The maximum Gasteiger partial charge on any atom is 0.252 e. The summed E-state index contributed by atoms with van der Waals surface area (Å²) >= 11 is 1.40. The van der Waals surface area contributed by atoms with Crippen LogP contribution in [0.15, 0.2) is 16.3 Å². The van der Waals surface area contributed by atoms with E-state index in [4.69, 9.17) is 0 Å². The molecule has 0 atom stereocenters. The Labute approximate surface area is 126 Å². The molecule has 1 aromatic heterocycles. The summed E-state index contributed by atoms with van der Waals surface area (Å²) in [6, 6.07) is 3.66. The minimum Gasteiger partial charge on any atom is -0.296 e. The third-order valence-electron chi connectivity index (χ3n) is 3.77. The molecule has 1 aliphatic heterocycles. The van der Waals surface area contributed by atoms with Crippen molar-refractivity contribution < 1.29 is 8.42 Å². The Morgan fingerprint density at radius 1 is 1.15 bits per heavy atom. The minimum atomic E-state index is -3.30. The fourth-order valence-corrected chi connectivity index (χ4v) is 5.29. The van der Waals surface area contributed by atoms with E-state index in [1.807, 2.05) is 13.0 Å². The third-order valence-corrected chi connectivity index (χ3v) is 7.36. The number of piperazine rings is 1. The topological polar surface area (TPSA) is 40.6 Å². The van der Waals surface area contributed by atoms with Crippen LogP contribution in [0.2, 0.25) is 0 Å². The predicted octanol–water partition coefficient (Wildman–Crippen LogP) is 2.42. The first-order chi connectivity index (χ1) is 9.25. The van der Waals surface area contributed by atoms with E-state index >= 15 is 0 Å². The molecule has 20 heavy (non-hydrogen) atoms. The summed E-state index contributed by atoms with van der Waals surface area (Å²) in [4.78, 5) is 3.46. The molecule has 0 N–H and O–H groups in total. The molecule has 1 fully saturated rings. The second-order valence-electron chi connectivity index (χ2n) is 6.14. The van der Waals surface area contributed by atoms with E-state index in [0.717, 1.165) is 24.4 Å². The fourth-order valence-electron chi connectivity index (χ4n) is 2.41. The highest BCUT2D eigenvalue weighted by Crippen LogP contribution is 2.27. The maximum absolute atomic E-state index is 12.6. The Kier molecular flexibility index (Phi) is 4.59. The zero-order valence-electron chi connectivity index (χ0n) is 12.7. The molecular weight excluding hydrogens is 292 g/mol. The van der Waals surface area contributed by atoms with Crippen molar-refractivity contribution in [1.29, 1.82) is 0 Å². The van der Waals surface area contributed by atoms with Gasteiger partial charge in [-0.1, -0.05) is 6.92 Å². The lowest BCUT2D eigenvalue weighted by atomic mass is 10.1. The summed E-state index contributed by atoms with van der Waals surface area (Å²) in [5, 5.41) is 0. The smallest absolute Gasteiger partial charge is 0.252 e. The van der Waals surface area contributed by atoms with Gasteiger partial charge in [0.2, 0.25) is 0 Å². The van der Waals surface area contributed by atoms with Crippen LogP contribution in [0.1, 0.15) is 32.6 Å². The van der Waals surface area contributed by atoms with E-state index in [9.17, 15) is 8.42 Å². The Balaban J connectivity index is 2.09. The van der Waals surface area contributed by atoms with E-state index in [1.165, 1.54) is 11.3 Å². The highest BCUT2D eigenvalue weighted by molar-refractivity contribution is 7.91. The first-order valence-electron chi connectivity index (χ1n) is 7.09. The van der Waals surface area contributed by atoms with Gasteiger partial charge in [-0.3, -0.25) is 4.90 Å². The molecule has 0 amide bonds. The largest absolute Gasteiger partial charge is 0.296 e. The molecule has 1 saturated heterocycles. The van der Waals surface area contributed by atoms with Crippen molar-refractivity contribution in [3.63, 3.8) is 0 Å². The molecule has 0 bridgehead atoms. The zero-order valence-corrected chi connectivity index (χ0v) is 14.4. The molecule has 0 aliphatic carbocycles. The number of hydrogen-bond donors (Lipinski definition) is 0. The van der Waals surface area contributed by atoms with Crippen LogP contribution in [-0.4, -0.2) is 49.3 Å². The number of nitrogens with zero attached hydrogens (tertiary/aromatic N) is 2. The van der Waals surface area contributed by atoms with Gasteiger partial charge in [-0.2, -0.15) is 4.31 Å². The van der Waals surface area contributed by atoms with Gasteiger partial charge in [0.15, 0.2) is 0 Å². The van der Waals surface area contributed by atoms with Crippen molar-refractivity contribution in [2.24, 2.45) is 0 Å². The summed E-state index contributed by atoms with van der Waals surface area (Å²) in [5.74, 6) is 0. The highest BCUT2D eigenvalue weighted by Gasteiger charge is 2.32. The van der Waals surface area contributed by atoms with E-state index in [2.05, 4.69) is 25.7 Å². The van der Waals surface area contributed by atoms with Crippen molar-refractivity contribution in [2.75, 3.05) is 26.2 Å². The maximum atomic E-state index is 12.6. The predicted molar refractivity (Wildman–Crippen MR) is 83.8 cm³/mol. The van der Waals surface area contributed by atoms with Gasteiger partial charge in [-0.05, 0) is 39.3 Å². The van der Waals surface area contributed by atoms with Crippen molar-refractivity contribution in [1.82, 2.24) is 9.21 Å². The van der Waals surface area contributed by atoms with Crippen molar-refractivity contribution in [2.45, 2.75) is 43.9 Å². The molecule has 2 rings (SSSR count). The second-order valence-corrected chi connectivity index (χ2v) is 9.47. The number of rotatable bonds is 3. The fraction of sp³-hybridized carbons (Fsp3) is 0.714. The molecule has 114 valence electrons. The van der Waals surface area contributed by atoms with Crippen molar-refractivity contribution >= 4 is 21.4 Å². The summed E-state index contributed by atoms with van der Waals surface area (Å²) in [7, 11) is -3.30. The van der Waals surface area contributed by atoms with Gasteiger partial charge in [-0.25, -0.2) is 8.42 Å². The molecule has 0 saturated carbocycles. The first-order valence-corrected chi connectivity index (χ1v) is 9.34. The average Bonchev–Trinajstić information content (AvgIpc) is 2.87. The minimum absolute atomic E-state index is 0.105. The van der Waals surface area contributed by atoms with Gasteiger partial charge in [-0.15, -0.1) is 11.3 Å². The number of sulfonamides is 1. The number of aryl methyl sites for hydroxylation is 1. The van der Waals surface area contributed by atoms with Crippen LogP contribution in [0, 0.1) is 0 Å². The molecule has 6 heteroatoms. The van der Waals surface area contributed by atoms with Gasteiger partial charge in [0.05, 0.1) is 0 Å². The average molecular weight is 316 g/mol. The van der Waals surface area contributed by atoms with Crippen LogP contribution >= 0.6 is 11.3 Å². The van der Waals surface area contributed by atoms with Crippen LogP contribution in [0.5, 0.6) is 0 Å². The molecular formula is C14H24N2O2S2.